The van der Waals surface area contributed by atoms with E-state index >= 15 is 0 Å². The van der Waals surface area contributed by atoms with E-state index < -0.39 is 5.82 Å². The zero-order valence-electron chi connectivity index (χ0n) is 14.4. The van der Waals surface area contributed by atoms with Gasteiger partial charge in [0.15, 0.2) is 12.3 Å². The number of oxazole rings is 1. The number of hydrogen-bond acceptors (Lipinski definition) is 5. The van der Waals surface area contributed by atoms with Crippen molar-refractivity contribution in [3.8, 4) is 5.75 Å². The molecule has 26 heavy (non-hydrogen) atoms. The molecule has 2 heterocycles. The first-order chi connectivity index (χ1) is 12.6. The van der Waals surface area contributed by atoms with Crippen LogP contribution in [0.5, 0.6) is 5.75 Å². The van der Waals surface area contributed by atoms with Crippen molar-refractivity contribution in [1.29, 1.82) is 0 Å². The van der Waals surface area contributed by atoms with E-state index in [0.717, 1.165) is 25.3 Å². The van der Waals surface area contributed by atoms with Crippen LogP contribution in [-0.2, 0) is 11.3 Å². The zero-order valence-corrected chi connectivity index (χ0v) is 15.2. The number of nitrogens with zero attached hydrogens (tertiary/aromatic N) is 2. The Hall–Kier alpha value is -2.12. The van der Waals surface area contributed by atoms with Gasteiger partial charge < -0.3 is 18.8 Å². The van der Waals surface area contributed by atoms with E-state index in [1.54, 1.807) is 12.0 Å². The van der Waals surface area contributed by atoms with Gasteiger partial charge in [0.25, 0.3) is 5.91 Å². The molecule has 1 aliphatic rings. The molecule has 1 fully saturated rings. The van der Waals surface area contributed by atoms with Gasteiger partial charge in [-0.1, -0.05) is 11.6 Å². The molecular weight excluding hydrogens is 363 g/mol. The molecular formula is C18H20ClFN2O4. The molecule has 1 saturated heterocycles. The zero-order chi connectivity index (χ0) is 18.5. The van der Waals surface area contributed by atoms with Crippen molar-refractivity contribution >= 4 is 17.5 Å². The molecule has 1 aromatic carbocycles. The first kappa shape index (κ1) is 18.7. The van der Waals surface area contributed by atoms with Gasteiger partial charge >= 0.3 is 0 Å². The van der Waals surface area contributed by atoms with Crippen LogP contribution in [-0.4, -0.2) is 42.1 Å². The van der Waals surface area contributed by atoms with Gasteiger partial charge in [-0.25, -0.2) is 9.37 Å². The van der Waals surface area contributed by atoms with Crippen molar-refractivity contribution in [3.05, 3.63) is 46.9 Å². The smallest absolute Gasteiger partial charge is 0.276 e. The van der Waals surface area contributed by atoms with E-state index in [1.807, 2.05) is 0 Å². The molecule has 8 heteroatoms. The third kappa shape index (κ3) is 4.34. The van der Waals surface area contributed by atoms with Gasteiger partial charge in [-0.05, 0) is 37.5 Å². The summed E-state index contributed by atoms with van der Waals surface area (Å²) in [5.41, 5.74) is 0.233. The Balaban J connectivity index is 1.64. The van der Waals surface area contributed by atoms with Crippen molar-refractivity contribution in [2.24, 2.45) is 0 Å². The molecule has 140 valence electrons. The lowest BCUT2D eigenvalue weighted by atomic mass is 10.0. The molecule has 0 saturated carbocycles. The van der Waals surface area contributed by atoms with Crippen LogP contribution in [0.3, 0.4) is 0 Å². The standard InChI is InChI=1S/C18H20ClFN2O4/c1-24-9-13-4-2-3-7-22(13)18(23)15-10-26-17(21-15)11-25-16-6-5-12(20)8-14(16)19/h5-6,8,10,13H,2-4,7,9,11H2,1H3/t13-/m1/s1. The molecule has 0 N–H and O–H groups in total. The van der Waals surface area contributed by atoms with Gasteiger partial charge in [0, 0.05) is 13.7 Å². The minimum absolute atomic E-state index is 0.0138. The van der Waals surface area contributed by atoms with Crippen molar-refractivity contribution in [3.63, 3.8) is 0 Å². The Morgan fingerprint density at radius 3 is 3.08 bits per heavy atom. The number of likely N-dealkylation sites (tertiary alicyclic amines) is 1. The van der Waals surface area contributed by atoms with E-state index in [-0.39, 0.29) is 35.2 Å². The predicted molar refractivity (Wildman–Crippen MR) is 92.8 cm³/mol. The fourth-order valence-corrected chi connectivity index (χ4v) is 3.21. The van der Waals surface area contributed by atoms with Crippen LogP contribution in [0.1, 0.15) is 35.6 Å². The number of hydrogen-bond donors (Lipinski definition) is 0. The molecule has 0 aliphatic carbocycles. The van der Waals surface area contributed by atoms with Crippen LogP contribution in [0, 0.1) is 5.82 Å². The van der Waals surface area contributed by atoms with Crippen molar-refractivity contribution in [2.75, 3.05) is 20.3 Å². The van der Waals surface area contributed by atoms with Gasteiger partial charge in [0.05, 0.1) is 17.7 Å². The second-order valence-electron chi connectivity index (χ2n) is 6.09. The molecule has 2 aromatic rings. The summed E-state index contributed by atoms with van der Waals surface area (Å²) in [5, 5.41) is 0.156. The molecule has 1 aromatic heterocycles. The SMILES string of the molecule is COC[C@H]1CCCCN1C(=O)c1coc(COc2ccc(F)cc2Cl)n1. The average molecular weight is 383 g/mol. The largest absolute Gasteiger partial charge is 0.482 e. The molecule has 0 spiro atoms. The summed E-state index contributed by atoms with van der Waals surface area (Å²) in [6.45, 7) is 1.17. The van der Waals surface area contributed by atoms with Gasteiger partial charge in [0.2, 0.25) is 5.89 Å². The lowest BCUT2D eigenvalue weighted by molar-refractivity contribution is 0.0423. The van der Waals surface area contributed by atoms with Crippen LogP contribution < -0.4 is 4.74 Å². The summed E-state index contributed by atoms with van der Waals surface area (Å²) in [6, 6.07) is 3.89. The Kier molecular flexibility index (Phi) is 6.11. The second kappa shape index (κ2) is 8.51. The maximum Gasteiger partial charge on any atom is 0.276 e. The van der Waals surface area contributed by atoms with Gasteiger partial charge in [-0.3, -0.25) is 4.79 Å². The van der Waals surface area contributed by atoms with Crippen molar-refractivity contribution in [1.82, 2.24) is 9.88 Å². The molecule has 1 atom stereocenters. The number of methoxy groups -OCH3 is 1. The summed E-state index contributed by atoms with van der Waals surface area (Å²) in [7, 11) is 1.63. The van der Waals surface area contributed by atoms with Crippen molar-refractivity contribution < 1.29 is 23.1 Å². The maximum atomic E-state index is 13.0. The number of aromatic nitrogens is 1. The van der Waals surface area contributed by atoms with Crippen molar-refractivity contribution in [2.45, 2.75) is 31.9 Å². The highest BCUT2D eigenvalue weighted by molar-refractivity contribution is 6.32. The van der Waals surface area contributed by atoms with E-state index in [0.29, 0.717) is 18.9 Å². The number of carbonyl (C=O) groups is 1. The molecule has 0 radical (unpaired) electrons. The Labute approximate surface area is 155 Å². The summed E-state index contributed by atoms with van der Waals surface area (Å²) in [4.78, 5) is 18.7. The summed E-state index contributed by atoms with van der Waals surface area (Å²) >= 11 is 5.91. The second-order valence-corrected chi connectivity index (χ2v) is 6.50. The highest BCUT2D eigenvalue weighted by Crippen LogP contribution is 2.26. The Morgan fingerprint density at radius 2 is 2.31 bits per heavy atom. The van der Waals surface area contributed by atoms with Crippen LogP contribution in [0.4, 0.5) is 4.39 Å². The molecule has 0 unspecified atom stereocenters. The molecule has 1 aliphatic heterocycles. The first-order valence-electron chi connectivity index (χ1n) is 8.40. The number of piperidine rings is 1. The lowest BCUT2D eigenvalue weighted by Crippen LogP contribution is -2.46. The fraction of sp³-hybridized carbons (Fsp3) is 0.444. The van der Waals surface area contributed by atoms with E-state index in [4.69, 9.17) is 25.5 Å². The fourth-order valence-electron chi connectivity index (χ4n) is 2.99. The first-order valence-corrected chi connectivity index (χ1v) is 8.78. The molecule has 3 rings (SSSR count). The van der Waals surface area contributed by atoms with Crippen LogP contribution >= 0.6 is 11.6 Å². The third-order valence-electron chi connectivity index (χ3n) is 4.26. The molecule has 0 bridgehead atoms. The van der Waals surface area contributed by atoms with Gasteiger partial charge in [-0.2, -0.15) is 0 Å². The molecule has 1 amide bonds. The predicted octanol–water partition coefficient (Wildman–Crippen LogP) is 3.69. The summed E-state index contributed by atoms with van der Waals surface area (Å²) in [6.07, 6.45) is 4.28. The highest BCUT2D eigenvalue weighted by Gasteiger charge is 2.29. The van der Waals surface area contributed by atoms with Gasteiger partial charge in [-0.15, -0.1) is 0 Å². The van der Waals surface area contributed by atoms with E-state index in [2.05, 4.69) is 4.98 Å². The minimum atomic E-state index is -0.446. The number of rotatable bonds is 6. The van der Waals surface area contributed by atoms with E-state index in [1.165, 1.54) is 18.4 Å². The number of ether oxygens (including phenoxy) is 2. The summed E-state index contributed by atoms with van der Waals surface area (Å²) in [5.74, 6) is -0.0653. The van der Waals surface area contributed by atoms with E-state index in [9.17, 15) is 9.18 Å². The topological polar surface area (TPSA) is 64.8 Å². The normalized spacial score (nSPS) is 17.3. The number of amides is 1. The number of carbonyl (C=O) groups excluding carboxylic acids is 1. The Bertz CT molecular complexity index is 765. The summed E-state index contributed by atoms with van der Waals surface area (Å²) < 4.78 is 29.1. The van der Waals surface area contributed by atoms with Crippen LogP contribution in [0.15, 0.2) is 28.9 Å². The van der Waals surface area contributed by atoms with Crippen LogP contribution in [0.2, 0.25) is 5.02 Å². The number of benzene rings is 1. The highest BCUT2D eigenvalue weighted by atomic mass is 35.5. The Morgan fingerprint density at radius 1 is 1.46 bits per heavy atom. The average Bonchev–Trinajstić information content (AvgIpc) is 3.10. The maximum absolute atomic E-state index is 13.0. The third-order valence-corrected chi connectivity index (χ3v) is 4.56. The minimum Gasteiger partial charge on any atom is -0.482 e. The lowest BCUT2D eigenvalue weighted by Gasteiger charge is -2.34. The monoisotopic (exact) mass is 382 g/mol. The van der Waals surface area contributed by atoms with Gasteiger partial charge in [0.1, 0.15) is 17.8 Å². The quantitative estimate of drug-likeness (QED) is 0.762. The molecule has 6 nitrogen and oxygen atoms in total. The van der Waals surface area contributed by atoms with Crippen LogP contribution in [0.25, 0.3) is 0 Å². The number of halogens is 2.